The minimum atomic E-state index is -0.355. The largest absolute Gasteiger partial charge is 0.368 e. The van der Waals surface area contributed by atoms with Crippen molar-refractivity contribution >= 4 is 11.8 Å². The van der Waals surface area contributed by atoms with E-state index in [4.69, 9.17) is 15.2 Å². The van der Waals surface area contributed by atoms with E-state index in [0.29, 0.717) is 23.3 Å². The second-order valence-electron chi connectivity index (χ2n) is 9.30. The van der Waals surface area contributed by atoms with Gasteiger partial charge in [-0.15, -0.1) is 0 Å². The summed E-state index contributed by atoms with van der Waals surface area (Å²) in [5.41, 5.74) is 8.94. The first-order chi connectivity index (χ1) is 17.1. The number of hydrogen-bond acceptors (Lipinski definition) is 10. The molecule has 10 heteroatoms. The average molecular weight is 470 g/mol. The number of hydrogen-bond donors (Lipinski definition) is 2. The number of piperazine rings is 1. The molecule has 178 valence electrons. The Hall–Kier alpha value is -3.92. The SMILES string of the molecule is C[C@@](c1ccc(-c2cnc(N)nc2)cc1)(c1noc(-c2cnc(N3CCNCC3)cn2)n1)C1CC1. The van der Waals surface area contributed by atoms with Crippen LogP contribution in [0.1, 0.15) is 31.2 Å². The van der Waals surface area contributed by atoms with Crippen molar-refractivity contribution in [1.29, 1.82) is 0 Å². The highest BCUT2D eigenvalue weighted by molar-refractivity contribution is 5.63. The molecule has 1 aliphatic carbocycles. The second-order valence-corrected chi connectivity index (χ2v) is 9.30. The van der Waals surface area contributed by atoms with Crippen LogP contribution in [0.25, 0.3) is 22.7 Å². The molecule has 0 spiro atoms. The molecule has 4 aromatic rings. The molecule has 6 rings (SSSR count). The molecule has 0 bridgehead atoms. The van der Waals surface area contributed by atoms with Gasteiger partial charge < -0.3 is 20.5 Å². The smallest absolute Gasteiger partial charge is 0.278 e. The molecule has 0 unspecified atom stereocenters. The van der Waals surface area contributed by atoms with Crippen molar-refractivity contribution in [3.63, 3.8) is 0 Å². The molecule has 1 aliphatic heterocycles. The molecule has 1 aromatic carbocycles. The van der Waals surface area contributed by atoms with Crippen LogP contribution in [-0.4, -0.2) is 56.3 Å². The lowest BCUT2D eigenvalue weighted by molar-refractivity contribution is 0.386. The van der Waals surface area contributed by atoms with Crippen molar-refractivity contribution < 1.29 is 4.52 Å². The Morgan fingerprint density at radius 1 is 0.943 bits per heavy atom. The number of rotatable bonds is 6. The zero-order chi connectivity index (χ0) is 23.8. The number of benzene rings is 1. The van der Waals surface area contributed by atoms with Crippen molar-refractivity contribution in [1.82, 2.24) is 35.4 Å². The van der Waals surface area contributed by atoms with Gasteiger partial charge in [0.15, 0.2) is 5.82 Å². The first-order valence-corrected chi connectivity index (χ1v) is 11.9. The fourth-order valence-corrected chi connectivity index (χ4v) is 4.73. The van der Waals surface area contributed by atoms with Crippen LogP contribution in [0.5, 0.6) is 0 Å². The number of nitrogens with one attached hydrogen (secondary N) is 1. The fraction of sp³-hybridized carbons (Fsp3) is 0.360. The molecule has 1 saturated carbocycles. The summed E-state index contributed by atoms with van der Waals surface area (Å²) in [6.45, 7) is 5.93. The van der Waals surface area contributed by atoms with Crippen LogP contribution in [-0.2, 0) is 5.41 Å². The quantitative estimate of drug-likeness (QED) is 0.434. The number of anilines is 2. The molecule has 0 radical (unpaired) electrons. The predicted octanol–water partition coefficient (Wildman–Crippen LogP) is 2.69. The standard InChI is InChI=1S/C25H27N9O/c1-25(19-6-7-19,18-4-2-16(3-5-18)17-12-30-24(26)31-13-17)23-32-22(35-33-23)20-14-29-21(15-28-20)34-10-8-27-9-11-34/h2-5,12-15,19,27H,6-11H2,1H3,(H2,26,30,31)/t25-/m0/s1. The highest BCUT2D eigenvalue weighted by Crippen LogP contribution is 2.50. The highest BCUT2D eigenvalue weighted by atomic mass is 16.5. The Balaban J connectivity index is 1.26. The second kappa shape index (κ2) is 8.70. The van der Waals surface area contributed by atoms with Crippen molar-refractivity contribution in [3.05, 3.63) is 60.4 Å². The molecule has 1 saturated heterocycles. The zero-order valence-electron chi connectivity index (χ0n) is 19.6. The monoisotopic (exact) mass is 469 g/mol. The molecule has 3 N–H and O–H groups in total. The Kier molecular flexibility index (Phi) is 5.37. The van der Waals surface area contributed by atoms with Crippen LogP contribution in [0.3, 0.4) is 0 Å². The normalized spacial score (nSPS) is 17.8. The van der Waals surface area contributed by atoms with Crippen LogP contribution < -0.4 is 16.0 Å². The van der Waals surface area contributed by atoms with Crippen molar-refractivity contribution in [2.45, 2.75) is 25.2 Å². The maximum atomic E-state index is 5.67. The lowest BCUT2D eigenvalue weighted by atomic mass is 9.77. The summed E-state index contributed by atoms with van der Waals surface area (Å²) < 4.78 is 5.67. The maximum absolute atomic E-state index is 5.67. The molecular weight excluding hydrogens is 442 g/mol. The lowest BCUT2D eigenvalue weighted by Crippen LogP contribution is -2.43. The van der Waals surface area contributed by atoms with E-state index in [1.54, 1.807) is 24.8 Å². The van der Waals surface area contributed by atoms with E-state index in [9.17, 15) is 0 Å². The summed E-state index contributed by atoms with van der Waals surface area (Å²) in [6.07, 6.45) is 9.23. The van der Waals surface area contributed by atoms with Crippen LogP contribution in [0.4, 0.5) is 11.8 Å². The van der Waals surface area contributed by atoms with Gasteiger partial charge in [-0.1, -0.05) is 29.4 Å². The lowest BCUT2D eigenvalue weighted by Gasteiger charge is -2.27. The first kappa shape index (κ1) is 21.6. The summed E-state index contributed by atoms with van der Waals surface area (Å²) in [5, 5.41) is 7.74. The Bertz CT molecular complexity index is 1290. The third-order valence-corrected chi connectivity index (χ3v) is 7.07. The van der Waals surface area contributed by atoms with Crippen molar-refractivity contribution in [2.75, 3.05) is 36.8 Å². The Morgan fingerprint density at radius 3 is 2.34 bits per heavy atom. The average Bonchev–Trinajstić information content (AvgIpc) is 3.66. The zero-order valence-corrected chi connectivity index (χ0v) is 19.6. The molecule has 10 nitrogen and oxygen atoms in total. The number of nitrogens with two attached hydrogens (primary N) is 1. The van der Waals surface area contributed by atoms with Gasteiger partial charge in [0.05, 0.1) is 17.8 Å². The number of nitrogen functional groups attached to an aromatic ring is 1. The van der Waals surface area contributed by atoms with Crippen LogP contribution in [0.2, 0.25) is 0 Å². The molecule has 2 fully saturated rings. The summed E-state index contributed by atoms with van der Waals surface area (Å²) in [4.78, 5) is 24.3. The van der Waals surface area contributed by atoms with Gasteiger partial charge in [-0.3, -0.25) is 0 Å². The van der Waals surface area contributed by atoms with Gasteiger partial charge in [-0.05, 0) is 36.8 Å². The van der Waals surface area contributed by atoms with E-state index < -0.39 is 0 Å². The molecule has 3 aromatic heterocycles. The fourth-order valence-electron chi connectivity index (χ4n) is 4.73. The number of aromatic nitrogens is 6. The topological polar surface area (TPSA) is 132 Å². The van der Waals surface area contributed by atoms with E-state index in [1.165, 1.54) is 0 Å². The van der Waals surface area contributed by atoms with Gasteiger partial charge >= 0.3 is 0 Å². The highest BCUT2D eigenvalue weighted by Gasteiger charge is 2.47. The minimum Gasteiger partial charge on any atom is -0.368 e. The molecule has 4 heterocycles. The number of nitrogens with zero attached hydrogens (tertiary/aromatic N) is 7. The van der Waals surface area contributed by atoms with E-state index >= 15 is 0 Å². The van der Waals surface area contributed by atoms with E-state index in [-0.39, 0.29) is 11.4 Å². The molecule has 0 amide bonds. The summed E-state index contributed by atoms with van der Waals surface area (Å²) in [7, 11) is 0. The summed E-state index contributed by atoms with van der Waals surface area (Å²) >= 11 is 0. The Morgan fingerprint density at radius 2 is 1.69 bits per heavy atom. The van der Waals surface area contributed by atoms with Gasteiger partial charge in [0.25, 0.3) is 5.89 Å². The van der Waals surface area contributed by atoms with Crippen molar-refractivity contribution in [3.8, 4) is 22.7 Å². The van der Waals surface area contributed by atoms with Gasteiger partial charge in [0, 0.05) is 44.1 Å². The third kappa shape index (κ3) is 4.10. The molecule has 1 atom stereocenters. The van der Waals surface area contributed by atoms with Gasteiger partial charge in [0.1, 0.15) is 11.5 Å². The third-order valence-electron chi connectivity index (χ3n) is 7.07. The minimum absolute atomic E-state index is 0.266. The van der Waals surface area contributed by atoms with Gasteiger partial charge in [-0.2, -0.15) is 4.98 Å². The summed E-state index contributed by atoms with van der Waals surface area (Å²) in [5.74, 6) is 2.65. The molecular formula is C25H27N9O. The molecule has 35 heavy (non-hydrogen) atoms. The van der Waals surface area contributed by atoms with Crippen LogP contribution in [0, 0.1) is 5.92 Å². The molecule has 2 aliphatic rings. The van der Waals surface area contributed by atoms with Crippen LogP contribution in [0.15, 0.2) is 53.6 Å². The van der Waals surface area contributed by atoms with E-state index in [1.807, 2.05) is 0 Å². The van der Waals surface area contributed by atoms with Gasteiger partial charge in [0.2, 0.25) is 5.95 Å². The summed E-state index contributed by atoms with van der Waals surface area (Å²) in [6, 6.07) is 8.41. The van der Waals surface area contributed by atoms with E-state index in [0.717, 1.165) is 61.5 Å². The predicted molar refractivity (Wildman–Crippen MR) is 131 cm³/mol. The first-order valence-electron chi connectivity index (χ1n) is 11.9. The van der Waals surface area contributed by atoms with Crippen molar-refractivity contribution in [2.24, 2.45) is 5.92 Å². The van der Waals surface area contributed by atoms with E-state index in [2.05, 4.69) is 66.5 Å². The maximum Gasteiger partial charge on any atom is 0.278 e. The van der Waals surface area contributed by atoms with Gasteiger partial charge in [-0.25, -0.2) is 19.9 Å². The van der Waals surface area contributed by atoms with Crippen LogP contribution >= 0.6 is 0 Å². The Labute approximate surface area is 203 Å².